The summed E-state index contributed by atoms with van der Waals surface area (Å²) in [6.45, 7) is 6.54. The van der Waals surface area contributed by atoms with Gasteiger partial charge in [0, 0.05) is 18.5 Å². The number of hydrogen-bond acceptors (Lipinski definition) is 2. The van der Waals surface area contributed by atoms with Crippen molar-refractivity contribution in [1.82, 2.24) is 5.32 Å². The van der Waals surface area contributed by atoms with Crippen LogP contribution in [0.3, 0.4) is 0 Å². The zero-order valence-electron chi connectivity index (χ0n) is 10.8. The third-order valence-corrected chi connectivity index (χ3v) is 4.03. The summed E-state index contributed by atoms with van der Waals surface area (Å²) >= 11 is 0. The van der Waals surface area contributed by atoms with Gasteiger partial charge in [0.2, 0.25) is 5.91 Å². The number of carbonyl (C=O) groups is 1. The monoisotopic (exact) mass is 226 g/mol. The Labute approximate surface area is 99.2 Å². The van der Waals surface area contributed by atoms with E-state index in [0.29, 0.717) is 18.4 Å². The fraction of sp³-hybridized carbons (Fsp3) is 0.923. The maximum atomic E-state index is 11.7. The lowest BCUT2D eigenvalue weighted by Crippen LogP contribution is -2.45. The van der Waals surface area contributed by atoms with Crippen LogP contribution in [0.2, 0.25) is 0 Å². The van der Waals surface area contributed by atoms with E-state index in [4.69, 9.17) is 5.73 Å². The minimum Gasteiger partial charge on any atom is -0.353 e. The predicted octanol–water partition coefficient (Wildman–Crippen LogP) is 2.05. The molecule has 3 N–H and O–H groups in total. The average Bonchev–Trinajstić information content (AvgIpc) is 2.24. The average molecular weight is 226 g/mol. The van der Waals surface area contributed by atoms with Gasteiger partial charge in [-0.05, 0) is 24.7 Å². The van der Waals surface area contributed by atoms with E-state index in [1.54, 1.807) is 0 Å². The highest BCUT2D eigenvalue weighted by atomic mass is 16.1. The molecule has 4 atom stereocenters. The van der Waals surface area contributed by atoms with Crippen molar-refractivity contribution < 1.29 is 4.79 Å². The third kappa shape index (κ3) is 3.78. The Morgan fingerprint density at radius 2 is 2.12 bits per heavy atom. The van der Waals surface area contributed by atoms with Gasteiger partial charge >= 0.3 is 0 Å². The molecule has 16 heavy (non-hydrogen) atoms. The van der Waals surface area contributed by atoms with Crippen molar-refractivity contribution in [3.05, 3.63) is 0 Å². The fourth-order valence-electron chi connectivity index (χ4n) is 2.43. The molecule has 0 aliphatic heterocycles. The van der Waals surface area contributed by atoms with Crippen molar-refractivity contribution in [3.63, 3.8) is 0 Å². The van der Waals surface area contributed by atoms with E-state index >= 15 is 0 Å². The van der Waals surface area contributed by atoms with Crippen molar-refractivity contribution in [1.29, 1.82) is 0 Å². The SMILES string of the molecule is CCC(N)CC(=O)NC1CCCC(C)C1C. The highest BCUT2D eigenvalue weighted by Gasteiger charge is 2.28. The Hall–Kier alpha value is -0.570. The van der Waals surface area contributed by atoms with Crippen LogP contribution in [0, 0.1) is 11.8 Å². The van der Waals surface area contributed by atoms with Crippen LogP contribution in [-0.4, -0.2) is 18.0 Å². The largest absolute Gasteiger partial charge is 0.353 e. The molecular weight excluding hydrogens is 200 g/mol. The van der Waals surface area contributed by atoms with Gasteiger partial charge in [-0.3, -0.25) is 4.79 Å². The smallest absolute Gasteiger partial charge is 0.221 e. The lowest BCUT2D eigenvalue weighted by atomic mass is 9.78. The molecule has 0 aromatic carbocycles. The van der Waals surface area contributed by atoms with Gasteiger partial charge in [-0.15, -0.1) is 0 Å². The molecule has 0 spiro atoms. The Bertz CT molecular complexity index is 230. The van der Waals surface area contributed by atoms with Gasteiger partial charge in [0.25, 0.3) is 0 Å². The first-order valence-corrected chi connectivity index (χ1v) is 6.59. The van der Waals surface area contributed by atoms with Crippen molar-refractivity contribution in [2.45, 2.75) is 65.0 Å². The Kier molecular flexibility index (Phi) is 5.26. The van der Waals surface area contributed by atoms with Gasteiger partial charge in [0.05, 0.1) is 0 Å². The molecule has 0 heterocycles. The molecule has 3 nitrogen and oxygen atoms in total. The standard InChI is InChI=1S/C13H26N2O/c1-4-11(14)8-13(16)15-12-7-5-6-9(2)10(12)3/h9-12H,4-8,14H2,1-3H3,(H,15,16). The number of amides is 1. The molecule has 1 fully saturated rings. The van der Waals surface area contributed by atoms with E-state index in [1.807, 2.05) is 6.92 Å². The van der Waals surface area contributed by atoms with Crippen LogP contribution < -0.4 is 11.1 Å². The summed E-state index contributed by atoms with van der Waals surface area (Å²) < 4.78 is 0. The van der Waals surface area contributed by atoms with E-state index in [0.717, 1.165) is 18.8 Å². The summed E-state index contributed by atoms with van der Waals surface area (Å²) in [7, 11) is 0. The molecule has 0 saturated heterocycles. The molecule has 1 aliphatic rings. The number of rotatable bonds is 4. The molecule has 1 saturated carbocycles. The first-order chi connectivity index (χ1) is 7.54. The molecule has 4 unspecified atom stereocenters. The Morgan fingerprint density at radius 1 is 1.44 bits per heavy atom. The topological polar surface area (TPSA) is 55.1 Å². The second kappa shape index (κ2) is 6.24. The highest BCUT2D eigenvalue weighted by Crippen LogP contribution is 2.29. The van der Waals surface area contributed by atoms with Crippen molar-refractivity contribution in [3.8, 4) is 0 Å². The van der Waals surface area contributed by atoms with E-state index in [1.165, 1.54) is 12.8 Å². The highest BCUT2D eigenvalue weighted by molar-refractivity contribution is 5.76. The summed E-state index contributed by atoms with van der Waals surface area (Å²) in [6, 6.07) is 0.372. The summed E-state index contributed by atoms with van der Waals surface area (Å²) in [5.74, 6) is 1.44. The fourth-order valence-corrected chi connectivity index (χ4v) is 2.43. The Morgan fingerprint density at radius 3 is 2.75 bits per heavy atom. The lowest BCUT2D eigenvalue weighted by Gasteiger charge is -2.34. The molecule has 0 radical (unpaired) electrons. The number of hydrogen-bond donors (Lipinski definition) is 2. The molecule has 1 rings (SSSR count). The molecule has 0 aromatic heterocycles. The molecule has 1 amide bonds. The normalized spacial score (nSPS) is 32.1. The first-order valence-electron chi connectivity index (χ1n) is 6.59. The lowest BCUT2D eigenvalue weighted by molar-refractivity contribution is -0.122. The summed E-state index contributed by atoms with van der Waals surface area (Å²) in [6.07, 6.45) is 4.98. The number of nitrogens with one attached hydrogen (secondary N) is 1. The van der Waals surface area contributed by atoms with Crippen molar-refractivity contribution in [2.24, 2.45) is 17.6 Å². The molecule has 3 heteroatoms. The maximum Gasteiger partial charge on any atom is 0.221 e. The van der Waals surface area contributed by atoms with Crippen LogP contribution in [0.15, 0.2) is 0 Å². The molecular formula is C13H26N2O. The summed E-state index contributed by atoms with van der Waals surface area (Å²) in [5.41, 5.74) is 5.78. The van der Waals surface area contributed by atoms with Crippen LogP contribution in [0.4, 0.5) is 0 Å². The van der Waals surface area contributed by atoms with Crippen molar-refractivity contribution >= 4 is 5.91 Å². The molecule has 94 valence electrons. The van der Waals surface area contributed by atoms with Crippen LogP contribution >= 0.6 is 0 Å². The predicted molar refractivity (Wildman–Crippen MR) is 67.0 cm³/mol. The molecule has 0 bridgehead atoms. The maximum absolute atomic E-state index is 11.7. The van der Waals surface area contributed by atoms with Crippen LogP contribution in [0.5, 0.6) is 0 Å². The second-order valence-electron chi connectivity index (χ2n) is 5.31. The molecule has 0 aromatic rings. The van der Waals surface area contributed by atoms with Gasteiger partial charge < -0.3 is 11.1 Å². The number of nitrogens with two attached hydrogens (primary N) is 1. The summed E-state index contributed by atoms with van der Waals surface area (Å²) in [5, 5.41) is 3.15. The van der Waals surface area contributed by atoms with Gasteiger partial charge in [0.15, 0.2) is 0 Å². The number of carbonyl (C=O) groups excluding carboxylic acids is 1. The van der Waals surface area contributed by atoms with E-state index in [2.05, 4.69) is 19.2 Å². The third-order valence-electron chi connectivity index (χ3n) is 4.03. The zero-order valence-corrected chi connectivity index (χ0v) is 10.8. The van der Waals surface area contributed by atoms with Gasteiger partial charge in [-0.25, -0.2) is 0 Å². The minimum atomic E-state index is 0.0105. The molecule has 1 aliphatic carbocycles. The quantitative estimate of drug-likeness (QED) is 0.771. The van der Waals surface area contributed by atoms with Gasteiger partial charge in [0.1, 0.15) is 0 Å². The second-order valence-corrected chi connectivity index (χ2v) is 5.31. The first kappa shape index (κ1) is 13.5. The minimum absolute atomic E-state index is 0.0105. The van der Waals surface area contributed by atoms with Gasteiger partial charge in [-0.1, -0.05) is 33.6 Å². The Balaban J connectivity index is 2.38. The van der Waals surface area contributed by atoms with Crippen LogP contribution in [0.1, 0.15) is 52.9 Å². The van der Waals surface area contributed by atoms with E-state index in [9.17, 15) is 4.79 Å². The van der Waals surface area contributed by atoms with Crippen molar-refractivity contribution in [2.75, 3.05) is 0 Å². The van der Waals surface area contributed by atoms with Crippen LogP contribution in [0.25, 0.3) is 0 Å². The van der Waals surface area contributed by atoms with Crippen LogP contribution in [-0.2, 0) is 4.79 Å². The van der Waals surface area contributed by atoms with Gasteiger partial charge in [-0.2, -0.15) is 0 Å². The summed E-state index contributed by atoms with van der Waals surface area (Å²) in [4.78, 5) is 11.7. The van der Waals surface area contributed by atoms with E-state index in [-0.39, 0.29) is 11.9 Å². The van der Waals surface area contributed by atoms with E-state index < -0.39 is 0 Å². The zero-order chi connectivity index (χ0) is 12.1.